The van der Waals surface area contributed by atoms with E-state index >= 15 is 0 Å². The van der Waals surface area contributed by atoms with E-state index in [1.807, 2.05) is 0 Å². The SMILES string of the molecule is O=C(C1CCN(Cc2c[nH]c3ccc(C(F)(F)F)cc23)CC1)N1CCn2cc(C(F)(F)F)nc2C1. The van der Waals surface area contributed by atoms with E-state index in [1.54, 1.807) is 11.1 Å². The van der Waals surface area contributed by atoms with Crippen LogP contribution in [0, 0.1) is 5.92 Å². The van der Waals surface area contributed by atoms with Crippen LogP contribution in [-0.2, 0) is 36.8 Å². The van der Waals surface area contributed by atoms with Gasteiger partial charge in [-0.15, -0.1) is 0 Å². The fraction of sp³-hybridized carbons (Fsp3) is 0.478. The molecule has 0 bridgehead atoms. The van der Waals surface area contributed by atoms with Gasteiger partial charge in [0, 0.05) is 48.8 Å². The van der Waals surface area contributed by atoms with E-state index in [9.17, 15) is 31.1 Å². The molecular weight excluding hydrogens is 476 g/mol. The molecule has 188 valence electrons. The summed E-state index contributed by atoms with van der Waals surface area (Å²) in [6.45, 7) is 2.31. The number of alkyl halides is 6. The van der Waals surface area contributed by atoms with E-state index in [0.29, 0.717) is 49.9 Å². The minimum atomic E-state index is -4.52. The van der Waals surface area contributed by atoms with Crippen molar-refractivity contribution in [2.24, 2.45) is 5.92 Å². The predicted octanol–water partition coefficient (Wildman–Crippen LogP) is 4.66. The van der Waals surface area contributed by atoms with Crippen molar-refractivity contribution in [3.63, 3.8) is 0 Å². The summed E-state index contributed by atoms with van der Waals surface area (Å²) in [6.07, 6.45) is -5.08. The molecule has 35 heavy (non-hydrogen) atoms. The Bertz CT molecular complexity index is 1240. The number of imidazole rings is 1. The Morgan fingerprint density at radius 3 is 2.46 bits per heavy atom. The highest BCUT2D eigenvalue weighted by atomic mass is 19.4. The topological polar surface area (TPSA) is 57.2 Å². The van der Waals surface area contributed by atoms with Crippen LogP contribution in [0.15, 0.2) is 30.6 Å². The zero-order valence-corrected chi connectivity index (χ0v) is 18.6. The van der Waals surface area contributed by atoms with Gasteiger partial charge in [0.25, 0.3) is 0 Å². The third-order valence-electron chi connectivity index (χ3n) is 6.83. The lowest BCUT2D eigenvalue weighted by Crippen LogP contribution is -2.45. The first-order valence-electron chi connectivity index (χ1n) is 11.3. The standard InChI is InChI=1S/C23H23F6N5O/c24-22(25,26)16-1-2-18-17(9-16)15(10-30-18)11-32-5-3-14(4-6-32)21(35)34-8-7-33-12-19(23(27,28)29)31-20(33)13-34/h1-2,9-10,12,14,30H,3-8,11,13H2. The minimum Gasteiger partial charge on any atom is -0.361 e. The third-order valence-corrected chi connectivity index (χ3v) is 6.83. The summed E-state index contributed by atoms with van der Waals surface area (Å²) in [5, 5.41) is 0.528. The van der Waals surface area contributed by atoms with Gasteiger partial charge >= 0.3 is 12.4 Å². The van der Waals surface area contributed by atoms with E-state index < -0.39 is 23.6 Å². The van der Waals surface area contributed by atoms with Gasteiger partial charge in [0.1, 0.15) is 5.82 Å². The Morgan fingerprint density at radius 1 is 1.03 bits per heavy atom. The first-order valence-corrected chi connectivity index (χ1v) is 11.3. The van der Waals surface area contributed by atoms with Crippen molar-refractivity contribution in [1.29, 1.82) is 0 Å². The van der Waals surface area contributed by atoms with Crippen molar-refractivity contribution < 1.29 is 31.1 Å². The molecule has 12 heteroatoms. The van der Waals surface area contributed by atoms with Crippen molar-refractivity contribution in [3.8, 4) is 0 Å². The minimum absolute atomic E-state index is 0.0476. The number of halogens is 6. The Hall–Kier alpha value is -3.02. The van der Waals surface area contributed by atoms with Gasteiger partial charge in [-0.05, 0) is 49.7 Å². The summed E-state index contributed by atoms with van der Waals surface area (Å²) >= 11 is 0. The van der Waals surface area contributed by atoms with E-state index in [1.165, 1.54) is 10.6 Å². The number of benzene rings is 1. The molecule has 0 radical (unpaired) electrons. The van der Waals surface area contributed by atoms with Crippen LogP contribution in [0.2, 0.25) is 0 Å². The first kappa shape index (κ1) is 23.7. The number of hydrogen-bond acceptors (Lipinski definition) is 3. The highest BCUT2D eigenvalue weighted by Gasteiger charge is 2.37. The lowest BCUT2D eigenvalue weighted by molar-refractivity contribution is -0.141. The molecule has 6 nitrogen and oxygen atoms in total. The van der Waals surface area contributed by atoms with Crippen LogP contribution in [-0.4, -0.2) is 49.9 Å². The van der Waals surface area contributed by atoms with E-state index in [-0.39, 0.29) is 30.7 Å². The molecule has 2 aliphatic heterocycles. The summed E-state index contributed by atoms with van der Waals surface area (Å²) in [6, 6.07) is 3.63. The fourth-order valence-electron chi connectivity index (χ4n) is 4.90. The van der Waals surface area contributed by atoms with Gasteiger partial charge in [-0.1, -0.05) is 0 Å². The van der Waals surface area contributed by atoms with Crippen molar-refractivity contribution in [2.75, 3.05) is 19.6 Å². The van der Waals surface area contributed by atoms with Gasteiger partial charge in [0.05, 0.1) is 12.1 Å². The molecule has 0 spiro atoms. The Kier molecular flexibility index (Phi) is 5.81. The highest BCUT2D eigenvalue weighted by molar-refractivity contribution is 5.84. The number of piperidine rings is 1. The molecule has 0 aliphatic carbocycles. The van der Waals surface area contributed by atoms with Crippen molar-refractivity contribution in [2.45, 2.75) is 44.8 Å². The summed E-state index contributed by atoms with van der Waals surface area (Å²) in [7, 11) is 0. The monoisotopic (exact) mass is 499 g/mol. The molecule has 1 aromatic carbocycles. The van der Waals surface area contributed by atoms with Crippen LogP contribution in [0.5, 0.6) is 0 Å². The molecule has 3 aromatic rings. The lowest BCUT2D eigenvalue weighted by atomic mass is 9.94. The second kappa shape index (κ2) is 8.58. The van der Waals surface area contributed by atoms with Crippen LogP contribution < -0.4 is 0 Å². The molecule has 0 saturated carbocycles. The normalized spacial score (nSPS) is 18.3. The molecule has 1 amide bonds. The molecule has 0 unspecified atom stereocenters. The van der Waals surface area contributed by atoms with E-state index in [4.69, 9.17) is 0 Å². The maximum atomic E-state index is 13.1. The molecule has 5 rings (SSSR count). The first-order chi connectivity index (χ1) is 16.5. The number of H-pyrrole nitrogens is 1. The molecule has 1 N–H and O–H groups in total. The molecule has 2 aromatic heterocycles. The number of hydrogen-bond donors (Lipinski definition) is 1. The average Bonchev–Trinajstić information content (AvgIpc) is 3.42. The Balaban J connectivity index is 1.20. The summed E-state index contributed by atoms with van der Waals surface area (Å²) in [5.41, 5.74) is -0.246. The maximum absolute atomic E-state index is 13.1. The number of carbonyl (C=O) groups is 1. The van der Waals surface area contributed by atoms with E-state index in [2.05, 4.69) is 14.9 Å². The van der Waals surface area contributed by atoms with Crippen molar-refractivity contribution >= 4 is 16.8 Å². The van der Waals surface area contributed by atoms with Crippen molar-refractivity contribution in [3.05, 3.63) is 53.2 Å². The van der Waals surface area contributed by atoms with Gasteiger partial charge < -0.3 is 14.5 Å². The zero-order valence-electron chi connectivity index (χ0n) is 18.6. The van der Waals surface area contributed by atoms with Gasteiger partial charge in [0.2, 0.25) is 5.91 Å². The summed E-state index contributed by atoms with van der Waals surface area (Å²) in [4.78, 5) is 23.4. The number of aromatic nitrogens is 3. The second-order valence-corrected chi connectivity index (χ2v) is 9.12. The van der Waals surface area contributed by atoms with Crippen LogP contribution in [0.4, 0.5) is 26.3 Å². The second-order valence-electron chi connectivity index (χ2n) is 9.12. The number of carbonyl (C=O) groups excluding carboxylic acids is 1. The molecule has 4 heterocycles. The molecule has 1 fully saturated rings. The number of likely N-dealkylation sites (tertiary alicyclic amines) is 1. The average molecular weight is 499 g/mol. The number of amides is 1. The molecular formula is C23H23F6N5O. The number of nitrogens with one attached hydrogen (secondary N) is 1. The molecule has 0 atom stereocenters. The zero-order chi connectivity index (χ0) is 25.0. The largest absolute Gasteiger partial charge is 0.434 e. The van der Waals surface area contributed by atoms with Gasteiger partial charge in [-0.25, -0.2) is 4.98 Å². The third kappa shape index (κ3) is 4.75. The summed E-state index contributed by atoms with van der Waals surface area (Å²) in [5.74, 6) is -0.101. The highest BCUT2D eigenvalue weighted by Crippen LogP contribution is 2.33. The smallest absolute Gasteiger partial charge is 0.361 e. The lowest BCUT2D eigenvalue weighted by Gasteiger charge is -2.35. The van der Waals surface area contributed by atoms with Gasteiger partial charge in [-0.3, -0.25) is 9.69 Å². The predicted molar refractivity (Wildman–Crippen MR) is 114 cm³/mol. The van der Waals surface area contributed by atoms with Crippen LogP contribution in [0.3, 0.4) is 0 Å². The fourth-order valence-corrected chi connectivity index (χ4v) is 4.90. The van der Waals surface area contributed by atoms with Crippen molar-refractivity contribution in [1.82, 2.24) is 24.3 Å². The van der Waals surface area contributed by atoms with Crippen LogP contribution in [0.1, 0.15) is 35.5 Å². The maximum Gasteiger partial charge on any atom is 0.434 e. The van der Waals surface area contributed by atoms with E-state index in [0.717, 1.165) is 23.9 Å². The van der Waals surface area contributed by atoms with Crippen LogP contribution >= 0.6 is 0 Å². The number of nitrogens with zero attached hydrogens (tertiary/aromatic N) is 4. The number of rotatable bonds is 3. The molecule has 1 saturated heterocycles. The van der Waals surface area contributed by atoms with Gasteiger partial charge in [-0.2, -0.15) is 26.3 Å². The number of fused-ring (bicyclic) bond motifs is 2. The summed E-state index contributed by atoms with van der Waals surface area (Å²) < 4.78 is 79.6. The quantitative estimate of drug-likeness (QED) is 0.534. The Labute approximate surface area is 196 Å². The number of aromatic amines is 1. The van der Waals surface area contributed by atoms with Gasteiger partial charge in [0.15, 0.2) is 5.69 Å². The Morgan fingerprint density at radius 2 is 1.77 bits per heavy atom. The molecule has 2 aliphatic rings. The van der Waals surface area contributed by atoms with Crippen LogP contribution in [0.25, 0.3) is 10.9 Å².